The second kappa shape index (κ2) is 7.84. The van der Waals surface area contributed by atoms with Gasteiger partial charge in [-0.15, -0.1) is 0 Å². The number of hydrogen-bond acceptors (Lipinski definition) is 4. The zero-order valence-corrected chi connectivity index (χ0v) is 17.0. The molecule has 0 aliphatic rings. The monoisotopic (exact) mass is 422 g/mol. The van der Waals surface area contributed by atoms with Crippen molar-refractivity contribution in [1.82, 2.24) is 8.94 Å². The molecule has 0 aliphatic carbocycles. The van der Waals surface area contributed by atoms with Gasteiger partial charge in [-0.3, -0.25) is 4.79 Å². The Morgan fingerprint density at radius 3 is 2.56 bits per heavy atom. The molecule has 5 nitrogen and oxygen atoms in total. The fraction of sp³-hybridized carbons (Fsp3) is 0.211. The van der Waals surface area contributed by atoms with E-state index in [0.29, 0.717) is 34.3 Å². The predicted molar refractivity (Wildman–Crippen MR) is 108 cm³/mol. The van der Waals surface area contributed by atoms with Crippen LogP contribution >= 0.6 is 34.7 Å². The minimum absolute atomic E-state index is 0.279. The molecule has 0 spiro atoms. The summed E-state index contributed by atoms with van der Waals surface area (Å²) in [6.45, 7) is 4.30. The van der Waals surface area contributed by atoms with E-state index < -0.39 is 11.4 Å². The number of benzene rings is 1. The van der Waals surface area contributed by atoms with Gasteiger partial charge in [0.15, 0.2) is 5.43 Å². The van der Waals surface area contributed by atoms with Crippen LogP contribution in [0.15, 0.2) is 34.4 Å². The Kier molecular flexibility index (Phi) is 5.69. The number of aromatic nitrogens is 2. The minimum atomic E-state index is -1.27. The molecule has 0 bridgehead atoms. The number of carboxylic acids is 1. The molecule has 0 saturated heterocycles. The van der Waals surface area contributed by atoms with Crippen LogP contribution in [0.1, 0.15) is 34.2 Å². The lowest BCUT2D eigenvalue weighted by atomic mass is 10.0. The summed E-state index contributed by atoms with van der Waals surface area (Å²) in [7, 11) is 0. The zero-order chi connectivity index (χ0) is 19.7. The van der Waals surface area contributed by atoms with E-state index in [1.54, 1.807) is 18.2 Å². The van der Waals surface area contributed by atoms with Crippen molar-refractivity contribution in [2.24, 2.45) is 0 Å². The zero-order valence-electron chi connectivity index (χ0n) is 14.6. The molecule has 1 N–H and O–H groups in total. The maximum Gasteiger partial charge on any atom is 0.341 e. The minimum Gasteiger partial charge on any atom is -0.477 e. The number of pyridine rings is 1. The van der Waals surface area contributed by atoms with E-state index in [1.807, 2.05) is 23.8 Å². The Hall–Kier alpha value is -2.15. The summed E-state index contributed by atoms with van der Waals surface area (Å²) in [6, 6.07) is 6.24. The maximum absolute atomic E-state index is 12.6. The highest BCUT2D eigenvalue weighted by Gasteiger charge is 2.22. The smallest absolute Gasteiger partial charge is 0.341 e. The number of aromatic carboxylic acids is 1. The maximum atomic E-state index is 12.6. The van der Waals surface area contributed by atoms with E-state index in [1.165, 1.54) is 17.6 Å². The number of nitrogens with zero attached hydrogens (tertiary/aromatic N) is 2. The number of hydrogen-bond donors (Lipinski definition) is 1. The second-order valence-corrected chi connectivity index (χ2v) is 7.45. The average Bonchev–Trinajstić information content (AvgIpc) is 3.01. The quantitative estimate of drug-likeness (QED) is 0.634. The van der Waals surface area contributed by atoms with Gasteiger partial charge in [0.2, 0.25) is 0 Å². The molecule has 3 aromatic rings. The molecule has 0 atom stereocenters. The number of carboxylic acid groups (broad SMARTS) is 1. The Bertz CT molecular complexity index is 1090. The third kappa shape index (κ3) is 3.78. The van der Waals surface area contributed by atoms with Crippen molar-refractivity contribution in [3.8, 4) is 11.3 Å². The van der Waals surface area contributed by atoms with Crippen molar-refractivity contribution >= 4 is 40.7 Å². The number of halogens is 2. The molecular weight excluding hydrogens is 407 g/mol. The molecule has 27 heavy (non-hydrogen) atoms. The Morgan fingerprint density at radius 1 is 1.26 bits per heavy atom. The van der Waals surface area contributed by atoms with Crippen LogP contribution in [0.4, 0.5) is 0 Å². The van der Waals surface area contributed by atoms with Crippen LogP contribution in [-0.2, 0) is 13.0 Å². The van der Waals surface area contributed by atoms with Gasteiger partial charge in [0.25, 0.3) is 0 Å². The average molecular weight is 423 g/mol. The Morgan fingerprint density at radius 2 is 2.00 bits per heavy atom. The first-order valence-corrected chi connectivity index (χ1v) is 9.78. The lowest BCUT2D eigenvalue weighted by Crippen LogP contribution is -2.23. The van der Waals surface area contributed by atoms with Crippen molar-refractivity contribution in [2.75, 3.05) is 0 Å². The fourth-order valence-electron chi connectivity index (χ4n) is 3.03. The first-order chi connectivity index (χ1) is 12.8. The van der Waals surface area contributed by atoms with E-state index >= 15 is 0 Å². The standard InChI is InChI=1S/C19H16Cl2N2O3S/c1-3-23-13(6-12-9-27-22-10(12)2)8-16(24)17(19(25)26)18(23)11-4-5-14(20)15(21)7-11/h4-5,7-9H,3,6H2,1-2H3,(H,25,26). The fourth-order valence-corrected chi connectivity index (χ4v) is 4.04. The second-order valence-electron chi connectivity index (χ2n) is 6.00. The van der Waals surface area contributed by atoms with Gasteiger partial charge in [0, 0.05) is 35.7 Å². The molecule has 0 fully saturated rings. The lowest BCUT2D eigenvalue weighted by molar-refractivity contribution is 0.0695. The van der Waals surface area contributed by atoms with Crippen LogP contribution in [0.25, 0.3) is 11.3 Å². The highest BCUT2D eigenvalue weighted by atomic mass is 35.5. The molecule has 8 heteroatoms. The SMILES string of the molecule is CCn1c(Cc2csnc2C)cc(=O)c(C(=O)O)c1-c1ccc(Cl)c(Cl)c1. The molecule has 0 radical (unpaired) electrons. The molecule has 0 aliphatic heterocycles. The van der Waals surface area contributed by atoms with Crippen LogP contribution < -0.4 is 5.43 Å². The van der Waals surface area contributed by atoms with E-state index in [9.17, 15) is 14.7 Å². The van der Waals surface area contributed by atoms with Crippen molar-refractivity contribution in [3.05, 3.63) is 72.4 Å². The molecule has 0 unspecified atom stereocenters. The van der Waals surface area contributed by atoms with E-state index in [0.717, 1.165) is 17.0 Å². The van der Waals surface area contributed by atoms with Gasteiger partial charge < -0.3 is 9.67 Å². The summed E-state index contributed by atoms with van der Waals surface area (Å²) in [4.78, 5) is 24.5. The summed E-state index contributed by atoms with van der Waals surface area (Å²) in [5.41, 5.74) is 2.66. The van der Waals surface area contributed by atoms with Crippen LogP contribution in [-0.4, -0.2) is 20.0 Å². The van der Waals surface area contributed by atoms with Crippen molar-refractivity contribution in [2.45, 2.75) is 26.8 Å². The van der Waals surface area contributed by atoms with Crippen molar-refractivity contribution in [3.63, 3.8) is 0 Å². The van der Waals surface area contributed by atoms with Crippen LogP contribution in [0.2, 0.25) is 10.0 Å². The van der Waals surface area contributed by atoms with Gasteiger partial charge >= 0.3 is 5.97 Å². The van der Waals surface area contributed by atoms with Crippen molar-refractivity contribution < 1.29 is 9.90 Å². The van der Waals surface area contributed by atoms with E-state index in [-0.39, 0.29) is 5.56 Å². The Labute approximate surface area is 170 Å². The largest absolute Gasteiger partial charge is 0.477 e. The number of rotatable bonds is 5. The van der Waals surface area contributed by atoms with Gasteiger partial charge in [-0.2, -0.15) is 4.37 Å². The first-order valence-electron chi connectivity index (χ1n) is 8.18. The van der Waals surface area contributed by atoms with Gasteiger partial charge in [-0.05, 0) is 43.1 Å². The molecule has 3 rings (SSSR count). The molecule has 2 heterocycles. The molecule has 2 aromatic heterocycles. The van der Waals surface area contributed by atoms with Gasteiger partial charge in [0.05, 0.1) is 21.4 Å². The summed E-state index contributed by atoms with van der Waals surface area (Å²) in [6.07, 6.45) is 0.486. The molecular formula is C19H16Cl2N2O3S. The third-order valence-electron chi connectivity index (χ3n) is 4.34. The highest BCUT2D eigenvalue weighted by Crippen LogP contribution is 2.31. The molecule has 140 valence electrons. The van der Waals surface area contributed by atoms with Crippen LogP contribution in [0, 0.1) is 6.92 Å². The highest BCUT2D eigenvalue weighted by molar-refractivity contribution is 7.03. The molecule has 1 aromatic carbocycles. The summed E-state index contributed by atoms with van der Waals surface area (Å²) < 4.78 is 6.10. The topological polar surface area (TPSA) is 72.2 Å². The van der Waals surface area contributed by atoms with Gasteiger partial charge in [-0.1, -0.05) is 29.3 Å². The van der Waals surface area contributed by atoms with Crippen molar-refractivity contribution in [1.29, 1.82) is 0 Å². The van der Waals surface area contributed by atoms with Crippen LogP contribution in [0.5, 0.6) is 0 Å². The normalized spacial score (nSPS) is 11.0. The number of carbonyl (C=O) groups is 1. The lowest BCUT2D eigenvalue weighted by Gasteiger charge is -2.20. The van der Waals surface area contributed by atoms with E-state index in [2.05, 4.69) is 4.37 Å². The predicted octanol–water partition coefficient (Wildman–Crippen LogP) is 4.90. The molecule has 0 saturated carbocycles. The third-order valence-corrected chi connectivity index (χ3v) is 5.85. The van der Waals surface area contributed by atoms with Gasteiger partial charge in [-0.25, -0.2) is 4.79 Å². The summed E-state index contributed by atoms with van der Waals surface area (Å²) in [5.74, 6) is -1.27. The first kappa shape index (κ1) is 19.6. The van der Waals surface area contributed by atoms with Crippen LogP contribution in [0.3, 0.4) is 0 Å². The molecule has 0 amide bonds. The summed E-state index contributed by atoms with van der Waals surface area (Å²) in [5, 5.41) is 12.3. The Balaban J connectivity index is 2.31. The van der Waals surface area contributed by atoms with E-state index in [4.69, 9.17) is 23.2 Å². The number of aryl methyl sites for hydroxylation is 1. The summed E-state index contributed by atoms with van der Waals surface area (Å²) >= 11 is 13.5. The van der Waals surface area contributed by atoms with Gasteiger partial charge in [0.1, 0.15) is 5.56 Å².